The lowest BCUT2D eigenvalue weighted by atomic mass is 10.4. The van der Waals surface area contributed by atoms with Gasteiger partial charge in [0.15, 0.2) is 0 Å². The molecule has 19 heavy (non-hydrogen) atoms. The highest BCUT2D eigenvalue weighted by Crippen LogP contribution is 2.11. The van der Waals surface area contributed by atoms with Crippen LogP contribution in [0.5, 0.6) is 0 Å². The van der Waals surface area contributed by atoms with Crippen LogP contribution in [0.1, 0.15) is 0 Å². The molecule has 1 aromatic rings. The number of hydrogen-bond acceptors (Lipinski definition) is 4. The van der Waals surface area contributed by atoms with Gasteiger partial charge in [-0.3, -0.25) is 5.32 Å². The highest BCUT2D eigenvalue weighted by atomic mass is 35.5. The molecule has 1 rings (SSSR count). The second kappa shape index (κ2) is 12.6. The number of carbonyl (C=O) groups excluding carboxylic acids is 1. The van der Waals surface area contributed by atoms with Gasteiger partial charge in [-0.25, -0.2) is 9.78 Å². The predicted octanol–water partition coefficient (Wildman–Crippen LogP) is 3.11. The van der Waals surface area contributed by atoms with Crippen LogP contribution in [-0.4, -0.2) is 43.2 Å². The fourth-order valence-electron chi connectivity index (χ4n) is 0.955. The van der Waals surface area contributed by atoms with E-state index in [-0.39, 0.29) is 37.2 Å². The maximum absolute atomic E-state index is 11.3. The van der Waals surface area contributed by atoms with Crippen LogP contribution in [-0.2, 0) is 4.74 Å². The fourth-order valence-corrected chi connectivity index (χ4v) is 1.13. The summed E-state index contributed by atoms with van der Waals surface area (Å²) in [5.74, 6) is 0. The van der Waals surface area contributed by atoms with Crippen LogP contribution >= 0.6 is 48.8 Å². The third kappa shape index (κ3) is 11.1. The molecule has 0 spiro atoms. The van der Waals surface area contributed by atoms with Gasteiger partial charge >= 0.3 is 6.09 Å². The number of carbonyl (C=O) groups is 1. The van der Waals surface area contributed by atoms with Gasteiger partial charge in [0.05, 0.1) is 0 Å². The first kappa shape index (κ1) is 23.6. The monoisotopic (exact) mass is 351 g/mol. The minimum atomic E-state index is -0.496. The van der Waals surface area contributed by atoms with Gasteiger partial charge < -0.3 is 9.64 Å². The minimum absolute atomic E-state index is 0. The second-order valence-electron chi connectivity index (χ2n) is 3.43. The third-order valence-electron chi connectivity index (χ3n) is 1.74. The summed E-state index contributed by atoms with van der Waals surface area (Å²) in [5.41, 5.74) is 0.565. The Morgan fingerprint density at radius 2 is 2.05 bits per heavy atom. The van der Waals surface area contributed by atoms with Crippen molar-refractivity contribution in [2.45, 2.75) is 0 Å². The van der Waals surface area contributed by atoms with Gasteiger partial charge in [0.25, 0.3) is 0 Å². The number of amides is 1. The predicted molar refractivity (Wildman–Crippen MR) is 84.5 cm³/mol. The largest absolute Gasteiger partial charge is 0.448 e. The summed E-state index contributed by atoms with van der Waals surface area (Å²) >= 11 is 5.66. The van der Waals surface area contributed by atoms with Crippen molar-refractivity contribution in [3.05, 3.63) is 23.5 Å². The molecule has 1 amide bonds. The Morgan fingerprint density at radius 3 is 2.58 bits per heavy atom. The lowest BCUT2D eigenvalue weighted by Crippen LogP contribution is -2.22. The van der Waals surface area contributed by atoms with E-state index in [2.05, 4.69) is 10.3 Å². The Hall–Kier alpha value is -0.460. The summed E-state index contributed by atoms with van der Waals surface area (Å²) < 4.78 is 4.94. The maximum Gasteiger partial charge on any atom is 0.411 e. The van der Waals surface area contributed by atoms with Gasteiger partial charge in [-0.15, -0.1) is 37.2 Å². The van der Waals surface area contributed by atoms with Crippen molar-refractivity contribution in [2.75, 3.05) is 32.6 Å². The Morgan fingerprint density at radius 1 is 1.42 bits per heavy atom. The smallest absolute Gasteiger partial charge is 0.411 e. The molecule has 112 valence electrons. The molecule has 1 N–H and O–H groups in total. The van der Waals surface area contributed by atoms with Gasteiger partial charge in [0.1, 0.15) is 11.8 Å². The molecule has 0 aliphatic rings. The molecule has 1 heterocycles. The first-order valence-corrected chi connectivity index (χ1v) is 5.16. The number of nitrogens with zero attached hydrogens (tertiary/aromatic N) is 2. The molecule has 9 heteroatoms. The van der Waals surface area contributed by atoms with E-state index in [1.54, 1.807) is 12.1 Å². The zero-order valence-electron chi connectivity index (χ0n) is 10.5. The van der Waals surface area contributed by atoms with Crippen molar-refractivity contribution in [3.63, 3.8) is 0 Å². The molecule has 0 fully saturated rings. The molecule has 1 aromatic heterocycles. The summed E-state index contributed by atoms with van der Waals surface area (Å²) in [6.07, 6.45) is 1.02. The number of nitrogens with one attached hydrogen (secondary N) is 1. The molecule has 0 aliphatic carbocycles. The topological polar surface area (TPSA) is 54.5 Å². The summed E-state index contributed by atoms with van der Waals surface area (Å²) in [5, 5.41) is 2.88. The average Bonchev–Trinajstić information content (AvgIpc) is 2.16. The van der Waals surface area contributed by atoms with E-state index in [0.29, 0.717) is 24.0 Å². The number of rotatable bonds is 4. The molecular formula is C10H17Cl4N3O2. The van der Waals surface area contributed by atoms with Crippen LogP contribution in [0.25, 0.3) is 0 Å². The average molecular weight is 353 g/mol. The highest BCUT2D eigenvalue weighted by Gasteiger charge is 2.03. The normalized spacial score (nSPS) is 8.63. The lowest BCUT2D eigenvalue weighted by Gasteiger charge is -2.10. The van der Waals surface area contributed by atoms with Crippen LogP contribution in [0.4, 0.5) is 10.5 Å². The van der Waals surface area contributed by atoms with E-state index in [9.17, 15) is 4.79 Å². The number of hydrogen-bond donors (Lipinski definition) is 1. The lowest BCUT2D eigenvalue weighted by molar-refractivity contribution is 0.151. The number of pyridine rings is 1. The third-order valence-corrected chi connectivity index (χ3v) is 1.95. The van der Waals surface area contributed by atoms with Gasteiger partial charge in [-0.1, -0.05) is 11.6 Å². The van der Waals surface area contributed by atoms with Crippen LogP contribution in [0, 0.1) is 0 Å². The SMILES string of the molecule is CN(C)CCOC(=O)Nc1ccnc(Cl)c1.Cl.Cl.Cl. The Kier molecular flexibility index (Phi) is 15.6. The molecule has 0 bridgehead atoms. The van der Waals surface area contributed by atoms with E-state index in [1.165, 1.54) is 6.20 Å². The van der Waals surface area contributed by atoms with E-state index in [0.717, 1.165) is 0 Å². The maximum atomic E-state index is 11.3. The van der Waals surface area contributed by atoms with Crippen molar-refractivity contribution < 1.29 is 9.53 Å². The number of ether oxygens (including phenoxy) is 1. The molecule has 0 atom stereocenters. The first-order valence-electron chi connectivity index (χ1n) is 4.78. The Balaban J connectivity index is -0.000000853. The van der Waals surface area contributed by atoms with Gasteiger partial charge in [-0.2, -0.15) is 0 Å². The number of halogens is 4. The number of likely N-dealkylation sites (N-methyl/N-ethyl adjacent to an activating group) is 1. The summed E-state index contributed by atoms with van der Waals surface area (Å²) in [7, 11) is 3.81. The van der Waals surface area contributed by atoms with Crippen LogP contribution < -0.4 is 5.32 Å². The molecule has 5 nitrogen and oxygen atoms in total. The van der Waals surface area contributed by atoms with Gasteiger partial charge in [0.2, 0.25) is 0 Å². The number of anilines is 1. The van der Waals surface area contributed by atoms with Gasteiger partial charge in [0, 0.05) is 18.4 Å². The minimum Gasteiger partial charge on any atom is -0.448 e. The van der Waals surface area contributed by atoms with Crippen molar-refractivity contribution in [1.29, 1.82) is 0 Å². The molecular weight excluding hydrogens is 336 g/mol. The van der Waals surface area contributed by atoms with Crippen LogP contribution in [0.2, 0.25) is 5.15 Å². The summed E-state index contributed by atoms with van der Waals surface area (Å²) in [4.78, 5) is 17.0. The fraction of sp³-hybridized carbons (Fsp3) is 0.400. The summed E-state index contributed by atoms with van der Waals surface area (Å²) in [6, 6.07) is 3.19. The van der Waals surface area contributed by atoms with E-state index < -0.39 is 6.09 Å². The molecule has 0 saturated carbocycles. The molecule has 0 radical (unpaired) electrons. The van der Waals surface area contributed by atoms with Crippen molar-refractivity contribution in [1.82, 2.24) is 9.88 Å². The second-order valence-corrected chi connectivity index (χ2v) is 3.82. The van der Waals surface area contributed by atoms with Crippen molar-refractivity contribution >= 4 is 60.6 Å². The summed E-state index contributed by atoms with van der Waals surface area (Å²) in [6.45, 7) is 1.03. The zero-order valence-corrected chi connectivity index (χ0v) is 13.7. The van der Waals surface area contributed by atoms with Crippen molar-refractivity contribution in [3.8, 4) is 0 Å². The Bertz CT molecular complexity index is 366. The molecule has 0 aliphatic heterocycles. The first-order chi connectivity index (χ1) is 7.58. The molecule has 0 saturated heterocycles. The van der Waals surface area contributed by atoms with E-state index in [1.807, 2.05) is 19.0 Å². The highest BCUT2D eigenvalue weighted by molar-refractivity contribution is 6.29. The molecule has 0 unspecified atom stereocenters. The van der Waals surface area contributed by atoms with E-state index >= 15 is 0 Å². The van der Waals surface area contributed by atoms with E-state index in [4.69, 9.17) is 16.3 Å². The Labute approximate surface area is 136 Å². The van der Waals surface area contributed by atoms with Crippen LogP contribution in [0.3, 0.4) is 0 Å². The van der Waals surface area contributed by atoms with Gasteiger partial charge in [-0.05, 0) is 26.2 Å². The quantitative estimate of drug-likeness (QED) is 0.846. The molecule has 0 aromatic carbocycles. The van der Waals surface area contributed by atoms with Crippen LogP contribution in [0.15, 0.2) is 18.3 Å². The van der Waals surface area contributed by atoms with Crippen molar-refractivity contribution in [2.24, 2.45) is 0 Å². The zero-order chi connectivity index (χ0) is 12.0. The standard InChI is InChI=1S/C10H14ClN3O2.3ClH/c1-14(2)5-6-16-10(15)13-8-3-4-12-9(11)7-8;;;/h3-4,7H,5-6H2,1-2H3,(H,12,13,15);3*1H. The number of aromatic nitrogens is 1.